The van der Waals surface area contributed by atoms with Crippen LogP contribution in [0.3, 0.4) is 0 Å². The minimum absolute atomic E-state index is 0.0187. The Morgan fingerprint density at radius 3 is 1.50 bits per heavy atom. The first-order valence-electron chi connectivity index (χ1n) is 9.49. The SMILES string of the molecule is O=C(O)c1ccccc1.O=C(OCCOCCOCCOCCO)c1ccccc1. The average molecular weight is 420 g/mol. The highest BCUT2D eigenvalue weighted by Gasteiger charge is 2.04. The van der Waals surface area contributed by atoms with Gasteiger partial charge in [0.2, 0.25) is 0 Å². The summed E-state index contributed by atoms with van der Waals surface area (Å²) in [5.41, 5.74) is 0.862. The van der Waals surface area contributed by atoms with Crippen LogP contribution in [0, 0.1) is 0 Å². The molecule has 0 aliphatic rings. The number of aromatic carboxylic acids is 1. The van der Waals surface area contributed by atoms with Gasteiger partial charge in [0.15, 0.2) is 0 Å². The van der Waals surface area contributed by atoms with Crippen LogP contribution in [0.5, 0.6) is 0 Å². The highest BCUT2D eigenvalue weighted by molar-refractivity contribution is 5.89. The van der Waals surface area contributed by atoms with E-state index in [0.29, 0.717) is 50.8 Å². The normalized spacial score (nSPS) is 10.0. The van der Waals surface area contributed by atoms with Gasteiger partial charge >= 0.3 is 11.9 Å². The van der Waals surface area contributed by atoms with Gasteiger partial charge in [0.05, 0.1) is 57.4 Å². The number of carbonyl (C=O) groups is 2. The fourth-order valence-corrected chi connectivity index (χ4v) is 2.04. The van der Waals surface area contributed by atoms with Gasteiger partial charge in [-0.15, -0.1) is 0 Å². The molecule has 0 amide bonds. The number of hydrogen-bond donors (Lipinski definition) is 2. The summed E-state index contributed by atoms with van der Waals surface area (Å²) < 4.78 is 20.6. The minimum Gasteiger partial charge on any atom is -0.478 e. The lowest BCUT2D eigenvalue weighted by Gasteiger charge is -2.07. The molecular formula is C22H28O8. The van der Waals surface area contributed by atoms with Crippen LogP contribution < -0.4 is 0 Å². The number of hydrogen-bond acceptors (Lipinski definition) is 7. The lowest BCUT2D eigenvalue weighted by Crippen LogP contribution is -2.14. The van der Waals surface area contributed by atoms with Crippen LogP contribution in [-0.2, 0) is 18.9 Å². The molecule has 2 aromatic carbocycles. The summed E-state index contributed by atoms with van der Waals surface area (Å²) in [6.07, 6.45) is 0. The van der Waals surface area contributed by atoms with E-state index in [4.69, 9.17) is 29.2 Å². The van der Waals surface area contributed by atoms with Crippen LogP contribution in [0.1, 0.15) is 20.7 Å². The van der Waals surface area contributed by atoms with Crippen molar-refractivity contribution in [2.45, 2.75) is 0 Å². The molecule has 0 aromatic heterocycles. The van der Waals surface area contributed by atoms with Gasteiger partial charge in [-0.25, -0.2) is 9.59 Å². The molecule has 0 aliphatic heterocycles. The van der Waals surface area contributed by atoms with Crippen LogP contribution in [-0.4, -0.2) is 75.0 Å². The van der Waals surface area contributed by atoms with Crippen molar-refractivity contribution >= 4 is 11.9 Å². The van der Waals surface area contributed by atoms with Crippen LogP contribution in [0.2, 0.25) is 0 Å². The second kappa shape index (κ2) is 17.1. The van der Waals surface area contributed by atoms with E-state index in [1.165, 1.54) is 0 Å². The minimum atomic E-state index is -0.879. The largest absolute Gasteiger partial charge is 0.478 e. The third kappa shape index (κ3) is 12.6. The Balaban J connectivity index is 0.000000414. The second-order valence-corrected chi connectivity index (χ2v) is 5.73. The summed E-state index contributed by atoms with van der Waals surface area (Å²) in [6, 6.07) is 17.1. The van der Waals surface area contributed by atoms with E-state index < -0.39 is 5.97 Å². The average Bonchev–Trinajstić information content (AvgIpc) is 2.79. The van der Waals surface area contributed by atoms with Gasteiger partial charge in [-0.2, -0.15) is 0 Å². The Kier molecular flexibility index (Phi) is 14.4. The number of rotatable bonds is 13. The fourth-order valence-electron chi connectivity index (χ4n) is 2.04. The smallest absolute Gasteiger partial charge is 0.338 e. The van der Waals surface area contributed by atoms with Gasteiger partial charge in [-0.1, -0.05) is 36.4 Å². The second-order valence-electron chi connectivity index (χ2n) is 5.73. The van der Waals surface area contributed by atoms with Gasteiger partial charge in [0.1, 0.15) is 6.61 Å². The Hall–Kier alpha value is -2.78. The zero-order chi connectivity index (χ0) is 21.9. The summed E-state index contributed by atoms with van der Waals surface area (Å²) in [7, 11) is 0. The first-order valence-corrected chi connectivity index (χ1v) is 9.49. The summed E-state index contributed by atoms with van der Waals surface area (Å²) in [5, 5.41) is 16.9. The predicted octanol–water partition coefficient (Wildman–Crippen LogP) is 2.27. The van der Waals surface area contributed by atoms with E-state index in [-0.39, 0.29) is 19.2 Å². The van der Waals surface area contributed by atoms with Crippen LogP contribution >= 0.6 is 0 Å². The van der Waals surface area contributed by atoms with Crippen LogP contribution in [0.4, 0.5) is 0 Å². The molecule has 2 aromatic rings. The Bertz CT molecular complexity index is 691. The van der Waals surface area contributed by atoms with E-state index in [1.807, 2.05) is 6.07 Å². The molecule has 0 fully saturated rings. The van der Waals surface area contributed by atoms with E-state index in [0.717, 1.165) is 0 Å². The number of ether oxygens (including phenoxy) is 4. The van der Waals surface area contributed by atoms with Crippen LogP contribution in [0.25, 0.3) is 0 Å². The Morgan fingerprint density at radius 1 is 0.633 bits per heavy atom. The highest BCUT2D eigenvalue weighted by Crippen LogP contribution is 2.00. The predicted molar refractivity (Wildman–Crippen MR) is 110 cm³/mol. The monoisotopic (exact) mass is 420 g/mol. The van der Waals surface area contributed by atoms with Crippen molar-refractivity contribution in [2.24, 2.45) is 0 Å². The molecular weight excluding hydrogens is 392 g/mol. The fraction of sp³-hybridized carbons (Fsp3) is 0.364. The molecule has 164 valence electrons. The Morgan fingerprint density at radius 2 is 1.07 bits per heavy atom. The first kappa shape index (κ1) is 25.3. The number of aliphatic hydroxyl groups is 1. The number of benzene rings is 2. The molecule has 2 N–H and O–H groups in total. The first-order chi connectivity index (χ1) is 14.6. The van der Waals surface area contributed by atoms with Gasteiger partial charge in [-0.3, -0.25) is 0 Å². The molecule has 0 radical (unpaired) electrons. The summed E-state index contributed by atoms with van der Waals surface area (Å²) in [6.45, 7) is 2.70. The van der Waals surface area contributed by atoms with E-state index in [1.54, 1.807) is 54.6 Å². The van der Waals surface area contributed by atoms with Gasteiger partial charge in [0.25, 0.3) is 0 Å². The maximum absolute atomic E-state index is 11.6. The molecule has 0 aliphatic carbocycles. The van der Waals surface area contributed by atoms with Crippen molar-refractivity contribution in [3.63, 3.8) is 0 Å². The van der Waals surface area contributed by atoms with E-state index in [9.17, 15) is 9.59 Å². The standard InChI is InChI=1S/C15H22O6.C7H6O2/c16-6-7-18-8-9-19-10-11-20-12-13-21-15(17)14-4-2-1-3-5-14;8-7(9)6-4-2-1-3-5-6/h1-5,16H,6-13H2;1-5H,(H,8,9). The molecule has 0 unspecified atom stereocenters. The molecule has 8 heteroatoms. The highest BCUT2D eigenvalue weighted by atomic mass is 16.6. The maximum atomic E-state index is 11.6. The van der Waals surface area contributed by atoms with Gasteiger partial charge < -0.3 is 29.2 Å². The summed E-state index contributed by atoms with van der Waals surface area (Å²) in [5.74, 6) is -1.23. The quantitative estimate of drug-likeness (QED) is 0.375. The number of carbonyl (C=O) groups excluding carboxylic acids is 1. The number of carboxylic acids is 1. The molecule has 0 heterocycles. The third-order valence-corrected chi connectivity index (χ3v) is 3.47. The van der Waals surface area contributed by atoms with Crippen molar-refractivity contribution in [1.82, 2.24) is 0 Å². The molecule has 0 saturated carbocycles. The summed E-state index contributed by atoms with van der Waals surface area (Å²) >= 11 is 0. The Labute approximate surface area is 176 Å². The molecule has 0 spiro atoms. The van der Waals surface area contributed by atoms with E-state index in [2.05, 4.69) is 0 Å². The van der Waals surface area contributed by atoms with Gasteiger partial charge in [-0.05, 0) is 24.3 Å². The molecule has 0 bridgehead atoms. The summed E-state index contributed by atoms with van der Waals surface area (Å²) in [4.78, 5) is 21.8. The van der Waals surface area contributed by atoms with Crippen molar-refractivity contribution in [1.29, 1.82) is 0 Å². The molecule has 8 nitrogen and oxygen atoms in total. The molecule has 2 rings (SSSR count). The topological polar surface area (TPSA) is 112 Å². The third-order valence-electron chi connectivity index (χ3n) is 3.47. The van der Waals surface area contributed by atoms with Crippen LogP contribution in [0.15, 0.2) is 60.7 Å². The zero-order valence-corrected chi connectivity index (χ0v) is 16.8. The van der Waals surface area contributed by atoms with Crippen molar-refractivity contribution in [3.8, 4) is 0 Å². The van der Waals surface area contributed by atoms with Crippen molar-refractivity contribution < 1.29 is 38.7 Å². The lowest BCUT2D eigenvalue weighted by molar-refractivity contribution is -0.00314. The maximum Gasteiger partial charge on any atom is 0.338 e. The lowest BCUT2D eigenvalue weighted by atomic mass is 10.2. The van der Waals surface area contributed by atoms with Crippen molar-refractivity contribution in [2.75, 3.05) is 52.9 Å². The molecule has 0 atom stereocenters. The number of esters is 1. The molecule has 30 heavy (non-hydrogen) atoms. The van der Waals surface area contributed by atoms with E-state index >= 15 is 0 Å². The zero-order valence-electron chi connectivity index (χ0n) is 16.8. The number of carboxylic acid groups (broad SMARTS) is 1. The van der Waals surface area contributed by atoms with Gasteiger partial charge in [0, 0.05) is 0 Å². The molecule has 0 saturated heterocycles. The number of aliphatic hydroxyl groups excluding tert-OH is 1. The van der Waals surface area contributed by atoms with Crippen molar-refractivity contribution in [3.05, 3.63) is 71.8 Å².